The second kappa shape index (κ2) is 5.36. The van der Waals surface area contributed by atoms with E-state index in [2.05, 4.69) is 33.0 Å². The molecule has 0 amide bonds. The Labute approximate surface area is 110 Å². The maximum atomic E-state index is 5.41. The zero-order valence-electron chi connectivity index (χ0n) is 9.98. The summed E-state index contributed by atoms with van der Waals surface area (Å²) >= 11 is 3.52. The second-order valence-corrected chi connectivity index (χ2v) is 4.60. The first-order valence-corrected chi connectivity index (χ1v) is 6.37. The van der Waals surface area contributed by atoms with Gasteiger partial charge in [0.1, 0.15) is 10.4 Å². The van der Waals surface area contributed by atoms with E-state index in [1.165, 1.54) is 5.56 Å². The molecule has 1 aromatic carbocycles. The minimum Gasteiger partial charge on any atom is -0.494 e. The number of hydrogen-bond acceptors (Lipinski definition) is 2. The maximum absolute atomic E-state index is 5.41. The summed E-state index contributed by atoms with van der Waals surface area (Å²) in [6, 6.07) is 8.14. The van der Waals surface area contributed by atoms with Crippen LogP contribution in [-0.4, -0.2) is 16.2 Å². The molecule has 0 atom stereocenters. The highest BCUT2D eigenvalue weighted by atomic mass is 79.9. The average Bonchev–Trinajstić information content (AvgIpc) is 2.64. The summed E-state index contributed by atoms with van der Waals surface area (Å²) in [5, 5.41) is 0. The van der Waals surface area contributed by atoms with Crippen molar-refractivity contribution in [3.05, 3.63) is 46.5 Å². The Morgan fingerprint density at radius 2 is 2.00 bits per heavy atom. The summed E-state index contributed by atoms with van der Waals surface area (Å²) in [4.78, 5) is 4.35. The van der Waals surface area contributed by atoms with Crippen molar-refractivity contribution in [3.8, 4) is 5.75 Å². The topological polar surface area (TPSA) is 27.1 Å². The molecular weight excluding hydrogens is 280 g/mol. The summed E-state index contributed by atoms with van der Waals surface area (Å²) in [5.74, 6) is 0.913. The van der Waals surface area contributed by atoms with E-state index in [4.69, 9.17) is 4.74 Å². The molecule has 1 heterocycles. The van der Waals surface area contributed by atoms with Gasteiger partial charge in [-0.1, -0.05) is 12.1 Å². The monoisotopic (exact) mass is 294 g/mol. The van der Waals surface area contributed by atoms with Gasteiger partial charge >= 0.3 is 0 Å². The highest BCUT2D eigenvalue weighted by molar-refractivity contribution is 9.10. The highest BCUT2D eigenvalue weighted by Crippen LogP contribution is 2.19. The Kier molecular flexibility index (Phi) is 3.84. The first-order valence-electron chi connectivity index (χ1n) is 5.58. The van der Waals surface area contributed by atoms with Crippen LogP contribution in [0.15, 0.2) is 35.2 Å². The number of nitrogens with zero attached hydrogens (tertiary/aromatic N) is 2. The van der Waals surface area contributed by atoms with E-state index in [1.54, 1.807) is 0 Å². The zero-order valence-corrected chi connectivity index (χ0v) is 11.6. The number of aromatic nitrogens is 2. The molecule has 90 valence electrons. The van der Waals surface area contributed by atoms with Crippen LogP contribution in [0.25, 0.3) is 0 Å². The van der Waals surface area contributed by atoms with Crippen LogP contribution < -0.4 is 4.74 Å². The molecule has 3 nitrogen and oxygen atoms in total. The molecule has 17 heavy (non-hydrogen) atoms. The Balaban J connectivity index is 2.11. The molecule has 2 aromatic rings. The van der Waals surface area contributed by atoms with Crippen molar-refractivity contribution in [2.24, 2.45) is 7.05 Å². The van der Waals surface area contributed by atoms with E-state index in [0.29, 0.717) is 6.61 Å². The summed E-state index contributed by atoms with van der Waals surface area (Å²) < 4.78 is 8.41. The smallest absolute Gasteiger partial charge is 0.119 e. The number of benzene rings is 1. The van der Waals surface area contributed by atoms with Crippen LogP contribution in [0, 0.1) is 0 Å². The van der Waals surface area contributed by atoms with Gasteiger partial charge in [-0.05, 0) is 40.5 Å². The third-order valence-electron chi connectivity index (χ3n) is 2.54. The van der Waals surface area contributed by atoms with Crippen LogP contribution >= 0.6 is 15.9 Å². The van der Waals surface area contributed by atoms with Crippen molar-refractivity contribution < 1.29 is 4.74 Å². The van der Waals surface area contributed by atoms with Gasteiger partial charge in [-0.15, -0.1) is 0 Å². The first-order chi connectivity index (χ1) is 8.20. The minimum absolute atomic E-state index is 0.700. The van der Waals surface area contributed by atoms with E-state index in [1.807, 2.05) is 37.0 Å². The number of halogens is 1. The lowest BCUT2D eigenvalue weighted by Gasteiger charge is -2.04. The van der Waals surface area contributed by atoms with Crippen molar-refractivity contribution in [2.45, 2.75) is 13.3 Å². The van der Waals surface area contributed by atoms with E-state index in [9.17, 15) is 0 Å². The summed E-state index contributed by atoms with van der Waals surface area (Å²) in [7, 11) is 1.97. The van der Waals surface area contributed by atoms with Crippen molar-refractivity contribution in [2.75, 3.05) is 6.61 Å². The Morgan fingerprint density at radius 3 is 2.53 bits per heavy atom. The van der Waals surface area contributed by atoms with Crippen LogP contribution in [0.4, 0.5) is 0 Å². The van der Waals surface area contributed by atoms with Crippen molar-refractivity contribution in [1.29, 1.82) is 0 Å². The predicted octanol–water partition coefficient (Wildman–Crippen LogP) is 3.17. The van der Waals surface area contributed by atoms with Crippen LogP contribution in [-0.2, 0) is 13.5 Å². The molecule has 0 aliphatic carbocycles. The molecule has 0 aliphatic heterocycles. The molecular formula is C13H15BrN2O. The molecule has 0 N–H and O–H groups in total. The largest absolute Gasteiger partial charge is 0.494 e. The van der Waals surface area contributed by atoms with Gasteiger partial charge in [-0.2, -0.15) is 0 Å². The fourth-order valence-corrected chi connectivity index (χ4v) is 1.98. The van der Waals surface area contributed by atoms with Gasteiger partial charge in [0, 0.05) is 13.5 Å². The standard InChI is InChI=1S/C13H15BrN2O/c1-3-17-11-6-4-10(5-7-11)8-12-13(14)16(2)9-15-12/h4-7,9H,3,8H2,1-2H3. The number of ether oxygens (including phenoxy) is 1. The molecule has 0 unspecified atom stereocenters. The molecule has 0 bridgehead atoms. The lowest BCUT2D eigenvalue weighted by Crippen LogP contribution is -1.93. The molecule has 2 rings (SSSR count). The molecule has 4 heteroatoms. The molecule has 0 saturated carbocycles. The molecule has 1 aromatic heterocycles. The van der Waals surface area contributed by atoms with Gasteiger partial charge < -0.3 is 9.30 Å². The van der Waals surface area contributed by atoms with Gasteiger partial charge in [0.05, 0.1) is 18.6 Å². The summed E-state index contributed by atoms with van der Waals surface area (Å²) in [6.07, 6.45) is 2.64. The SMILES string of the molecule is CCOc1ccc(Cc2ncn(C)c2Br)cc1. The van der Waals surface area contributed by atoms with Crippen molar-refractivity contribution in [3.63, 3.8) is 0 Å². The van der Waals surface area contributed by atoms with E-state index >= 15 is 0 Å². The van der Waals surface area contributed by atoms with Gasteiger partial charge in [0.25, 0.3) is 0 Å². The minimum atomic E-state index is 0.700. The summed E-state index contributed by atoms with van der Waals surface area (Å²) in [5.41, 5.74) is 2.28. The quantitative estimate of drug-likeness (QED) is 0.866. The van der Waals surface area contributed by atoms with Crippen molar-refractivity contribution >= 4 is 15.9 Å². The normalized spacial score (nSPS) is 10.5. The maximum Gasteiger partial charge on any atom is 0.119 e. The fourth-order valence-electron chi connectivity index (χ4n) is 1.65. The number of aryl methyl sites for hydroxylation is 1. The lowest BCUT2D eigenvalue weighted by atomic mass is 10.1. The third kappa shape index (κ3) is 2.88. The van der Waals surface area contributed by atoms with Crippen LogP contribution in [0.1, 0.15) is 18.2 Å². The lowest BCUT2D eigenvalue weighted by molar-refractivity contribution is 0.340. The average molecular weight is 295 g/mol. The molecule has 0 aliphatic rings. The van der Waals surface area contributed by atoms with Gasteiger partial charge in [0.15, 0.2) is 0 Å². The second-order valence-electron chi connectivity index (χ2n) is 3.85. The third-order valence-corrected chi connectivity index (χ3v) is 3.56. The van der Waals surface area contributed by atoms with Gasteiger partial charge in [0.2, 0.25) is 0 Å². The van der Waals surface area contributed by atoms with Gasteiger partial charge in [-0.25, -0.2) is 4.98 Å². The van der Waals surface area contributed by atoms with Crippen molar-refractivity contribution in [1.82, 2.24) is 9.55 Å². The van der Waals surface area contributed by atoms with Crippen LogP contribution in [0.2, 0.25) is 0 Å². The molecule has 0 spiro atoms. The number of imidazole rings is 1. The fraction of sp³-hybridized carbons (Fsp3) is 0.308. The molecule has 0 radical (unpaired) electrons. The first kappa shape index (κ1) is 12.2. The van der Waals surface area contributed by atoms with E-state index in [-0.39, 0.29) is 0 Å². The van der Waals surface area contributed by atoms with Gasteiger partial charge in [-0.3, -0.25) is 0 Å². The Bertz CT molecular complexity index is 491. The number of rotatable bonds is 4. The molecule has 0 saturated heterocycles. The summed E-state index contributed by atoms with van der Waals surface area (Å²) in [6.45, 7) is 2.68. The van der Waals surface area contributed by atoms with Crippen LogP contribution in [0.5, 0.6) is 5.75 Å². The van der Waals surface area contributed by atoms with Crippen LogP contribution in [0.3, 0.4) is 0 Å². The predicted molar refractivity (Wildman–Crippen MR) is 71.3 cm³/mol. The van der Waals surface area contributed by atoms with E-state index < -0.39 is 0 Å². The highest BCUT2D eigenvalue weighted by Gasteiger charge is 2.06. The van der Waals surface area contributed by atoms with E-state index in [0.717, 1.165) is 22.5 Å². The Hall–Kier alpha value is -1.29. The zero-order chi connectivity index (χ0) is 12.3. The number of hydrogen-bond donors (Lipinski definition) is 0. The Morgan fingerprint density at radius 1 is 1.29 bits per heavy atom. The molecule has 0 fully saturated rings.